The Kier molecular flexibility index (Phi) is 8.56. The molecule has 0 unspecified atom stereocenters. The van der Waals surface area contributed by atoms with Crippen molar-refractivity contribution in [1.29, 1.82) is 0 Å². The monoisotopic (exact) mass is 429 g/mol. The zero-order valence-corrected chi connectivity index (χ0v) is 18.0. The lowest BCUT2D eigenvalue weighted by Crippen LogP contribution is -2.07. The summed E-state index contributed by atoms with van der Waals surface area (Å²) >= 11 is 0. The van der Waals surface area contributed by atoms with E-state index in [1.165, 1.54) is 12.1 Å². The molecule has 3 aromatic carbocycles. The summed E-state index contributed by atoms with van der Waals surface area (Å²) in [6.07, 6.45) is 0. The van der Waals surface area contributed by atoms with E-state index in [0.29, 0.717) is 26.4 Å². The molecule has 0 fully saturated rings. The third-order valence-electron chi connectivity index (χ3n) is 4.28. The zero-order valence-electron chi connectivity index (χ0n) is 17.2. The molecule has 0 spiro atoms. The van der Waals surface area contributed by atoms with Gasteiger partial charge in [0.05, 0.1) is 24.1 Å². The molecule has 0 heterocycles. The van der Waals surface area contributed by atoms with Crippen LogP contribution in [0.25, 0.3) is 0 Å². The number of hydrogen-bond acceptors (Lipinski definition) is 4. The highest BCUT2D eigenvalue weighted by Crippen LogP contribution is 2.33. The Morgan fingerprint density at radius 2 is 0.933 bits per heavy atom. The first-order chi connectivity index (χ1) is 14.7. The van der Waals surface area contributed by atoms with Crippen LogP contribution in [0.4, 0.5) is 4.39 Å². The largest absolute Gasteiger partial charge is 0.491 e. The van der Waals surface area contributed by atoms with Crippen LogP contribution in [0.2, 0.25) is 0 Å². The Morgan fingerprint density at radius 3 is 1.30 bits per heavy atom. The predicted molar refractivity (Wildman–Crippen MR) is 116 cm³/mol. The number of halogens is 1. The molecule has 30 heavy (non-hydrogen) atoms. The Balaban J connectivity index is 1.85. The van der Waals surface area contributed by atoms with E-state index in [0.717, 1.165) is 26.2 Å². The Bertz CT molecular complexity index is 829. The molecule has 0 aromatic heterocycles. The summed E-state index contributed by atoms with van der Waals surface area (Å²) in [4.78, 5) is 3.28. The van der Waals surface area contributed by atoms with Crippen molar-refractivity contribution in [1.82, 2.24) is 0 Å². The number of rotatable bonds is 11. The highest BCUT2D eigenvalue weighted by Gasteiger charge is 2.28. The van der Waals surface area contributed by atoms with Gasteiger partial charge in [-0.3, -0.25) is 0 Å². The molecule has 3 aromatic rings. The van der Waals surface area contributed by atoms with Gasteiger partial charge in [0, 0.05) is 14.2 Å². The third kappa shape index (κ3) is 6.23. The molecule has 0 aliphatic carbocycles. The molecule has 0 atom stereocenters. The second kappa shape index (κ2) is 11.6. The predicted octanol–water partition coefficient (Wildman–Crippen LogP) is 4.97. The van der Waals surface area contributed by atoms with Crippen molar-refractivity contribution < 1.29 is 23.3 Å². The second-order valence-corrected chi connectivity index (χ2v) is 8.41. The van der Waals surface area contributed by atoms with Gasteiger partial charge < -0.3 is 18.9 Å². The van der Waals surface area contributed by atoms with Gasteiger partial charge in [-0.1, -0.05) is 0 Å². The van der Waals surface area contributed by atoms with Crippen LogP contribution in [0.1, 0.15) is 0 Å². The van der Waals surface area contributed by atoms with Gasteiger partial charge in [0.25, 0.3) is 0 Å². The fourth-order valence-corrected chi connectivity index (χ4v) is 4.85. The third-order valence-corrected chi connectivity index (χ3v) is 6.51. The first-order valence-electron chi connectivity index (χ1n) is 9.64. The van der Waals surface area contributed by atoms with Gasteiger partial charge in [-0.25, -0.2) is 4.39 Å². The van der Waals surface area contributed by atoms with Gasteiger partial charge in [0.2, 0.25) is 0 Å². The standard InChI is InChI=1S/C24H26FO4S/c1-26-15-17-28-20-5-11-23(12-6-20)30(22-9-3-19(25)4-10-22)24-13-7-21(8-14-24)29-18-16-27-2/h3-14H,15-18H2,1-2H3/q+1. The minimum atomic E-state index is -0.381. The van der Waals surface area contributed by atoms with E-state index in [4.69, 9.17) is 18.9 Å². The normalized spacial score (nSPS) is 10.9. The minimum Gasteiger partial charge on any atom is -0.491 e. The summed E-state index contributed by atoms with van der Waals surface area (Å²) in [7, 11) is 2.91. The SMILES string of the molecule is COCCOc1ccc([S+](c2ccc(F)cc2)c2ccc(OCCOC)cc2)cc1. The van der Waals surface area contributed by atoms with Crippen molar-refractivity contribution >= 4 is 10.9 Å². The molecule has 0 saturated carbocycles. The van der Waals surface area contributed by atoms with Crippen molar-refractivity contribution in [3.8, 4) is 11.5 Å². The molecule has 4 nitrogen and oxygen atoms in total. The number of methoxy groups -OCH3 is 2. The van der Waals surface area contributed by atoms with E-state index in [9.17, 15) is 4.39 Å². The lowest BCUT2D eigenvalue weighted by molar-refractivity contribution is 0.146. The molecule has 0 bridgehead atoms. The molecule has 158 valence electrons. The highest BCUT2D eigenvalue weighted by molar-refractivity contribution is 7.97. The molecule has 0 aliphatic heterocycles. The van der Waals surface area contributed by atoms with E-state index in [1.807, 2.05) is 36.4 Å². The van der Waals surface area contributed by atoms with Crippen LogP contribution in [-0.2, 0) is 20.4 Å². The van der Waals surface area contributed by atoms with Crippen molar-refractivity contribution in [3.63, 3.8) is 0 Å². The Morgan fingerprint density at radius 1 is 0.567 bits per heavy atom. The van der Waals surface area contributed by atoms with Crippen LogP contribution in [0.3, 0.4) is 0 Å². The summed E-state index contributed by atoms with van der Waals surface area (Å²) in [5.41, 5.74) is 0. The maximum Gasteiger partial charge on any atom is 0.166 e. The Hall–Kier alpha value is -2.54. The van der Waals surface area contributed by atoms with Crippen molar-refractivity contribution in [2.75, 3.05) is 40.6 Å². The fourth-order valence-electron chi connectivity index (χ4n) is 2.81. The van der Waals surface area contributed by atoms with Crippen LogP contribution < -0.4 is 9.47 Å². The zero-order chi connectivity index (χ0) is 21.2. The van der Waals surface area contributed by atoms with Gasteiger partial charge in [-0.15, -0.1) is 0 Å². The smallest absolute Gasteiger partial charge is 0.166 e. The summed E-state index contributed by atoms with van der Waals surface area (Å²) in [5, 5.41) is 0. The van der Waals surface area contributed by atoms with Crippen molar-refractivity contribution in [2.24, 2.45) is 0 Å². The molecule has 0 radical (unpaired) electrons. The maximum atomic E-state index is 13.5. The second-order valence-electron chi connectivity index (χ2n) is 6.39. The molecular weight excluding hydrogens is 403 g/mol. The van der Waals surface area contributed by atoms with Gasteiger partial charge in [-0.05, 0) is 72.8 Å². The van der Waals surface area contributed by atoms with E-state index in [2.05, 4.69) is 24.3 Å². The van der Waals surface area contributed by atoms with E-state index < -0.39 is 0 Å². The highest BCUT2D eigenvalue weighted by atomic mass is 32.2. The summed E-state index contributed by atoms with van der Waals surface area (Å²) in [5.74, 6) is 1.34. The van der Waals surface area contributed by atoms with Gasteiger partial charge in [-0.2, -0.15) is 0 Å². The number of hydrogen-bond donors (Lipinski definition) is 0. The van der Waals surface area contributed by atoms with Crippen molar-refractivity contribution in [3.05, 3.63) is 78.6 Å². The molecule has 0 aliphatic rings. The van der Waals surface area contributed by atoms with Crippen molar-refractivity contribution in [2.45, 2.75) is 14.7 Å². The van der Waals surface area contributed by atoms with Crippen LogP contribution in [-0.4, -0.2) is 40.6 Å². The van der Waals surface area contributed by atoms with Crippen LogP contribution in [0, 0.1) is 5.82 Å². The molecular formula is C24H26FO4S+. The molecule has 0 amide bonds. The molecule has 0 N–H and O–H groups in total. The van der Waals surface area contributed by atoms with Crippen LogP contribution >= 0.6 is 0 Å². The Labute approximate surface area is 179 Å². The van der Waals surface area contributed by atoms with E-state index >= 15 is 0 Å². The van der Waals surface area contributed by atoms with Gasteiger partial charge in [0.1, 0.15) is 30.5 Å². The minimum absolute atomic E-state index is 0.244. The lowest BCUT2D eigenvalue weighted by Gasteiger charge is -2.11. The number of benzene rings is 3. The van der Waals surface area contributed by atoms with E-state index in [-0.39, 0.29) is 16.7 Å². The van der Waals surface area contributed by atoms with Crippen LogP contribution in [0.15, 0.2) is 87.5 Å². The quantitative estimate of drug-likeness (QED) is 0.319. The van der Waals surface area contributed by atoms with E-state index in [1.54, 1.807) is 14.2 Å². The summed E-state index contributed by atoms with van der Waals surface area (Å²) < 4.78 is 34.9. The maximum absolute atomic E-state index is 13.5. The molecule has 0 saturated heterocycles. The van der Waals surface area contributed by atoms with Gasteiger partial charge in [0.15, 0.2) is 14.7 Å². The number of ether oxygens (including phenoxy) is 4. The first kappa shape index (κ1) is 22.2. The summed E-state index contributed by atoms with van der Waals surface area (Å²) in [6.45, 7) is 2.09. The lowest BCUT2D eigenvalue weighted by atomic mass is 10.3. The average molecular weight is 430 g/mol. The fraction of sp³-hybridized carbons (Fsp3) is 0.250. The molecule has 3 rings (SSSR count). The van der Waals surface area contributed by atoms with Gasteiger partial charge >= 0.3 is 0 Å². The topological polar surface area (TPSA) is 36.9 Å². The average Bonchev–Trinajstić information content (AvgIpc) is 2.78. The summed E-state index contributed by atoms with van der Waals surface area (Å²) in [6, 6.07) is 22.7. The first-order valence-corrected chi connectivity index (χ1v) is 10.9. The van der Waals surface area contributed by atoms with Crippen LogP contribution in [0.5, 0.6) is 11.5 Å². The molecule has 6 heteroatoms.